The van der Waals surface area contributed by atoms with Gasteiger partial charge in [0.25, 0.3) is 5.92 Å². The van der Waals surface area contributed by atoms with Crippen LogP contribution in [0.1, 0.15) is 37.3 Å². The molecule has 1 atom stereocenters. The molecule has 0 saturated carbocycles. The summed E-state index contributed by atoms with van der Waals surface area (Å²) in [6.07, 6.45) is 1.71. The first-order valence-corrected chi connectivity index (χ1v) is 13.6. The Morgan fingerprint density at radius 1 is 1.11 bits per heavy atom. The van der Waals surface area contributed by atoms with Crippen LogP contribution >= 0.6 is 11.8 Å². The van der Waals surface area contributed by atoms with Crippen molar-refractivity contribution in [1.29, 1.82) is 0 Å². The van der Waals surface area contributed by atoms with Gasteiger partial charge >= 0.3 is 0 Å². The van der Waals surface area contributed by atoms with Gasteiger partial charge in [0, 0.05) is 72.9 Å². The summed E-state index contributed by atoms with van der Waals surface area (Å²) in [5, 5.41) is 4.26. The molecule has 4 heterocycles. The standard InChI is InChI=1S/C28H26F4N4OS/c1-2-9-34-26-35-28(16-38-26)20-13-17(19-4-3-10-33-25(19)30)5-6-23(20)37-24-21(28)14-18(15-22(24)29)36-11-7-27(31,32)8-12-36/h3-6,10,13-15H,2,7-9,11-12,16H2,1H3,(H,34,35). The summed E-state index contributed by atoms with van der Waals surface area (Å²) in [6, 6.07) is 11.8. The molecule has 3 aliphatic rings. The summed E-state index contributed by atoms with van der Waals surface area (Å²) in [4.78, 5) is 10.2. The van der Waals surface area contributed by atoms with Gasteiger partial charge in [-0.05, 0) is 42.3 Å². The predicted octanol–water partition coefficient (Wildman–Crippen LogP) is 6.71. The lowest BCUT2D eigenvalue weighted by Crippen LogP contribution is -2.45. The molecule has 0 radical (unpaired) electrons. The number of aromatic nitrogens is 1. The fraction of sp³-hybridized carbons (Fsp3) is 0.357. The summed E-state index contributed by atoms with van der Waals surface area (Å²) in [5.74, 6) is -2.81. The van der Waals surface area contributed by atoms with Gasteiger partial charge in [-0.25, -0.2) is 18.2 Å². The largest absolute Gasteiger partial charge is 0.453 e. The van der Waals surface area contributed by atoms with Crippen LogP contribution in [0, 0.1) is 11.8 Å². The van der Waals surface area contributed by atoms with Crippen molar-refractivity contribution in [2.75, 3.05) is 30.3 Å². The van der Waals surface area contributed by atoms with Crippen LogP contribution in [0.5, 0.6) is 11.5 Å². The van der Waals surface area contributed by atoms with Crippen molar-refractivity contribution in [2.24, 2.45) is 4.99 Å². The lowest BCUT2D eigenvalue weighted by molar-refractivity contribution is -0.0220. The molecular weight excluding hydrogens is 516 g/mol. The molecule has 1 N–H and O–H groups in total. The highest BCUT2D eigenvalue weighted by Crippen LogP contribution is 2.53. The van der Waals surface area contributed by atoms with E-state index in [4.69, 9.17) is 4.74 Å². The quantitative estimate of drug-likeness (QED) is 0.293. The van der Waals surface area contributed by atoms with Crippen molar-refractivity contribution in [3.8, 4) is 22.6 Å². The van der Waals surface area contributed by atoms with E-state index in [0.29, 0.717) is 40.4 Å². The zero-order valence-electron chi connectivity index (χ0n) is 20.7. The third kappa shape index (κ3) is 4.28. The van der Waals surface area contributed by atoms with E-state index >= 15 is 4.39 Å². The van der Waals surface area contributed by atoms with Crippen LogP contribution < -0.4 is 15.0 Å². The summed E-state index contributed by atoms with van der Waals surface area (Å²) >= 11 is 1.53. The van der Waals surface area contributed by atoms with Gasteiger partial charge in [0.05, 0.1) is 0 Å². The van der Waals surface area contributed by atoms with Crippen LogP contribution in [-0.4, -0.2) is 41.5 Å². The van der Waals surface area contributed by atoms with Gasteiger partial charge < -0.3 is 15.0 Å². The van der Waals surface area contributed by atoms with E-state index in [1.165, 1.54) is 24.0 Å². The van der Waals surface area contributed by atoms with Crippen LogP contribution in [0.15, 0.2) is 53.7 Å². The van der Waals surface area contributed by atoms with E-state index in [1.54, 1.807) is 29.2 Å². The number of ether oxygens (including phenoxy) is 1. The molecular formula is C28H26F4N4OS. The highest BCUT2D eigenvalue weighted by molar-refractivity contribution is 8.14. The van der Waals surface area contributed by atoms with Crippen LogP contribution in [0.25, 0.3) is 11.1 Å². The second-order valence-electron chi connectivity index (χ2n) is 9.81. The molecule has 1 unspecified atom stereocenters. The monoisotopic (exact) mass is 542 g/mol. The number of nitrogens with one attached hydrogen (secondary N) is 1. The number of benzene rings is 2. The van der Waals surface area contributed by atoms with Gasteiger partial charge in [0.15, 0.2) is 16.7 Å². The maximum atomic E-state index is 15.6. The lowest BCUT2D eigenvalue weighted by Gasteiger charge is -2.39. The molecule has 3 aliphatic heterocycles. The first kappa shape index (κ1) is 25.0. The number of piperidine rings is 1. The maximum Gasteiger partial charge on any atom is 0.251 e. The van der Waals surface area contributed by atoms with Crippen LogP contribution in [0.3, 0.4) is 0 Å². The Morgan fingerprint density at radius 3 is 2.68 bits per heavy atom. The summed E-state index contributed by atoms with van der Waals surface area (Å²) in [6.45, 7) is 2.94. The average Bonchev–Trinajstić information content (AvgIpc) is 3.33. The topological polar surface area (TPSA) is 49.8 Å². The molecule has 6 rings (SSSR count). The van der Waals surface area contributed by atoms with E-state index in [1.807, 2.05) is 19.1 Å². The molecule has 3 aromatic rings. The summed E-state index contributed by atoms with van der Waals surface area (Å²) in [5.41, 5.74) is 1.86. The van der Waals surface area contributed by atoms with Crippen molar-refractivity contribution in [1.82, 2.24) is 10.3 Å². The van der Waals surface area contributed by atoms with E-state index in [0.717, 1.165) is 17.2 Å². The number of amidine groups is 1. The highest BCUT2D eigenvalue weighted by Gasteiger charge is 2.48. The molecule has 0 aliphatic carbocycles. The normalized spacial score (nSPS) is 22.7. The van der Waals surface area contributed by atoms with Gasteiger partial charge in [0.1, 0.15) is 11.3 Å². The van der Waals surface area contributed by atoms with Crippen molar-refractivity contribution >= 4 is 22.6 Å². The Morgan fingerprint density at radius 2 is 1.92 bits per heavy atom. The average molecular weight is 543 g/mol. The number of halogens is 4. The van der Waals surface area contributed by atoms with Crippen molar-refractivity contribution in [2.45, 2.75) is 37.6 Å². The Bertz CT molecular complexity index is 1420. The fourth-order valence-electron chi connectivity index (χ4n) is 5.27. The van der Waals surface area contributed by atoms with E-state index in [9.17, 15) is 13.2 Å². The molecule has 2 saturated heterocycles. The molecule has 2 aromatic carbocycles. The minimum absolute atomic E-state index is 0.0914. The predicted molar refractivity (Wildman–Crippen MR) is 141 cm³/mol. The molecule has 2 fully saturated rings. The summed E-state index contributed by atoms with van der Waals surface area (Å²) in [7, 11) is 0. The molecule has 0 amide bonds. The number of anilines is 1. The number of nitrogens with zero attached hydrogens (tertiary/aromatic N) is 3. The zero-order chi connectivity index (χ0) is 26.5. The van der Waals surface area contributed by atoms with Gasteiger partial charge in [-0.15, -0.1) is 0 Å². The Hall–Kier alpha value is -3.27. The molecule has 38 heavy (non-hydrogen) atoms. The van der Waals surface area contributed by atoms with E-state index < -0.39 is 23.2 Å². The van der Waals surface area contributed by atoms with Gasteiger partial charge in [0.2, 0.25) is 5.95 Å². The minimum Gasteiger partial charge on any atom is -0.453 e. The van der Waals surface area contributed by atoms with E-state index in [2.05, 4.69) is 15.3 Å². The molecule has 10 heteroatoms. The Labute approximate surface area is 222 Å². The van der Waals surface area contributed by atoms with Gasteiger partial charge in [-0.2, -0.15) is 4.39 Å². The molecule has 5 nitrogen and oxygen atoms in total. The Balaban J connectivity index is 1.49. The van der Waals surface area contributed by atoms with Crippen molar-refractivity contribution < 1.29 is 22.3 Å². The zero-order valence-corrected chi connectivity index (χ0v) is 21.6. The number of pyridine rings is 1. The lowest BCUT2D eigenvalue weighted by atomic mass is 9.80. The molecule has 1 spiro atoms. The molecule has 0 bridgehead atoms. The SMILES string of the molecule is CCCN=C1NC2(CS1)c1cc(-c3cccnc3F)ccc1Oc1c(F)cc(N3CCC(F)(F)CC3)cc12. The van der Waals surface area contributed by atoms with Crippen LogP contribution in [0.4, 0.5) is 23.2 Å². The Kier molecular flexibility index (Phi) is 6.25. The first-order valence-electron chi connectivity index (χ1n) is 12.7. The second-order valence-corrected chi connectivity index (χ2v) is 10.8. The number of thioether (sulfide) groups is 1. The third-order valence-electron chi connectivity index (χ3n) is 7.29. The van der Waals surface area contributed by atoms with E-state index in [-0.39, 0.29) is 31.7 Å². The van der Waals surface area contributed by atoms with Crippen LogP contribution in [-0.2, 0) is 5.54 Å². The van der Waals surface area contributed by atoms with Crippen LogP contribution in [0.2, 0.25) is 0 Å². The minimum atomic E-state index is -2.71. The van der Waals surface area contributed by atoms with Crippen molar-refractivity contribution in [3.05, 3.63) is 71.6 Å². The highest BCUT2D eigenvalue weighted by atomic mass is 32.2. The second kappa shape index (κ2) is 9.48. The number of hydrogen-bond donors (Lipinski definition) is 1. The van der Waals surface area contributed by atoms with Crippen molar-refractivity contribution in [3.63, 3.8) is 0 Å². The number of rotatable bonds is 4. The van der Waals surface area contributed by atoms with Gasteiger partial charge in [-0.3, -0.25) is 4.99 Å². The number of fused-ring (bicyclic) bond motifs is 4. The number of aliphatic imine (C=N–C) groups is 1. The third-order valence-corrected chi connectivity index (χ3v) is 8.38. The molecule has 1 aromatic heterocycles. The number of alkyl halides is 2. The summed E-state index contributed by atoms with van der Waals surface area (Å²) < 4.78 is 64.0. The first-order chi connectivity index (χ1) is 18.3. The fourth-order valence-corrected chi connectivity index (χ4v) is 6.44. The maximum absolute atomic E-state index is 15.6. The smallest absolute Gasteiger partial charge is 0.251 e. The molecule has 198 valence electrons. The number of hydrogen-bond acceptors (Lipinski definition) is 5. The van der Waals surface area contributed by atoms with Gasteiger partial charge in [-0.1, -0.05) is 24.8 Å².